The molecule has 1 heterocycles. The number of nitrogens with zero attached hydrogens (tertiary/aromatic N) is 1. The third-order valence-electron chi connectivity index (χ3n) is 2.35. The van der Waals surface area contributed by atoms with Gasteiger partial charge in [0, 0.05) is 18.8 Å². The van der Waals surface area contributed by atoms with Gasteiger partial charge in [-0.2, -0.15) is 0 Å². The van der Waals surface area contributed by atoms with Crippen molar-refractivity contribution in [2.24, 2.45) is 0 Å². The van der Waals surface area contributed by atoms with Crippen LogP contribution in [-0.4, -0.2) is 18.0 Å². The molecule has 0 aliphatic carbocycles. The first kappa shape index (κ1) is 10.1. The van der Waals surface area contributed by atoms with Crippen LogP contribution in [0.4, 0.5) is 0 Å². The Morgan fingerprint density at radius 2 is 1.92 bits per heavy atom. The fourth-order valence-corrected chi connectivity index (χ4v) is 1.71. The fourth-order valence-electron chi connectivity index (χ4n) is 1.71. The molecule has 1 aliphatic heterocycles. The lowest BCUT2D eigenvalue weighted by molar-refractivity contribution is 0.293. The summed E-state index contributed by atoms with van der Waals surface area (Å²) >= 11 is 0. The number of hydrogen-bond donors (Lipinski definition) is 0. The van der Waals surface area contributed by atoms with Crippen LogP contribution in [-0.2, 0) is 0 Å². The summed E-state index contributed by atoms with van der Waals surface area (Å²) in [6.07, 6.45) is 12.2. The molecule has 0 atom stereocenters. The van der Waals surface area contributed by atoms with E-state index in [1.54, 1.807) is 0 Å². The first-order valence-electron chi connectivity index (χ1n) is 5.09. The van der Waals surface area contributed by atoms with Crippen molar-refractivity contribution < 1.29 is 0 Å². The molecule has 0 amide bonds. The highest BCUT2D eigenvalue weighted by Gasteiger charge is 2.10. The average molecular weight is 177 g/mol. The largest absolute Gasteiger partial charge is 0.372 e. The number of likely N-dealkylation sites (tertiary alicyclic amines) is 1. The van der Waals surface area contributed by atoms with E-state index in [4.69, 9.17) is 0 Å². The maximum atomic E-state index is 3.74. The SMILES string of the molecule is C=C/C=C(\C=C/C)N1CCCCC1. The predicted molar refractivity (Wildman–Crippen MR) is 58.5 cm³/mol. The van der Waals surface area contributed by atoms with E-state index in [0.717, 1.165) is 0 Å². The van der Waals surface area contributed by atoms with Crippen molar-refractivity contribution in [2.45, 2.75) is 26.2 Å². The summed E-state index contributed by atoms with van der Waals surface area (Å²) in [6.45, 7) is 8.19. The number of allylic oxidation sites excluding steroid dienone is 4. The third-order valence-corrected chi connectivity index (χ3v) is 2.35. The van der Waals surface area contributed by atoms with Crippen LogP contribution >= 0.6 is 0 Å². The first-order chi connectivity index (χ1) is 6.38. The molecule has 1 nitrogen and oxygen atoms in total. The van der Waals surface area contributed by atoms with Crippen molar-refractivity contribution in [3.8, 4) is 0 Å². The summed E-state index contributed by atoms with van der Waals surface area (Å²) in [7, 11) is 0. The summed E-state index contributed by atoms with van der Waals surface area (Å²) in [6, 6.07) is 0. The Balaban J connectivity index is 2.62. The molecular weight excluding hydrogens is 158 g/mol. The minimum atomic E-state index is 1.20. The van der Waals surface area contributed by atoms with E-state index in [2.05, 4.69) is 36.6 Å². The lowest BCUT2D eigenvalue weighted by Crippen LogP contribution is -2.28. The lowest BCUT2D eigenvalue weighted by Gasteiger charge is -2.29. The van der Waals surface area contributed by atoms with Crippen LogP contribution in [0.1, 0.15) is 26.2 Å². The van der Waals surface area contributed by atoms with Crippen molar-refractivity contribution in [3.05, 3.63) is 36.6 Å². The van der Waals surface area contributed by atoms with Gasteiger partial charge in [0.25, 0.3) is 0 Å². The Morgan fingerprint density at radius 1 is 1.23 bits per heavy atom. The van der Waals surface area contributed by atoms with Crippen LogP contribution in [0.15, 0.2) is 36.6 Å². The topological polar surface area (TPSA) is 3.24 Å². The zero-order valence-electron chi connectivity index (χ0n) is 8.50. The van der Waals surface area contributed by atoms with Crippen molar-refractivity contribution in [3.63, 3.8) is 0 Å². The summed E-state index contributed by atoms with van der Waals surface area (Å²) in [5.74, 6) is 0. The van der Waals surface area contributed by atoms with Gasteiger partial charge in [0.2, 0.25) is 0 Å². The van der Waals surface area contributed by atoms with Gasteiger partial charge in [-0.05, 0) is 38.3 Å². The van der Waals surface area contributed by atoms with Gasteiger partial charge in [-0.3, -0.25) is 0 Å². The van der Waals surface area contributed by atoms with Crippen molar-refractivity contribution in [1.29, 1.82) is 0 Å². The van der Waals surface area contributed by atoms with Crippen LogP contribution < -0.4 is 0 Å². The van der Waals surface area contributed by atoms with E-state index in [-0.39, 0.29) is 0 Å². The van der Waals surface area contributed by atoms with Crippen molar-refractivity contribution in [1.82, 2.24) is 4.90 Å². The minimum Gasteiger partial charge on any atom is -0.372 e. The Kier molecular flexibility index (Phi) is 4.37. The molecule has 0 radical (unpaired) electrons. The molecule has 72 valence electrons. The molecule has 1 fully saturated rings. The molecule has 1 aliphatic rings. The molecule has 0 unspecified atom stereocenters. The highest BCUT2D eigenvalue weighted by molar-refractivity contribution is 5.21. The molecule has 0 spiro atoms. The van der Waals surface area contributed by atoms with Gasteiger partial charge >= 0.3 is 0 Å². The molecule has 1 heteroatoms. The molecule has 1 saturated heterocycles. The van der Waals surface area contributed by atoms with Gasteiger partial charge in [0.15, 0.2) is 0 Å². The van der Waals surface area contributed by atoms with Gasteiger partial charge < -0.3 is 4.90 Å². The monoisotopic (exact) mass is 177 g/mol. The van der Waals surface area contributed by atoms with Crippen LogP contribution in [0.2, 0.25) is 0 Å². The zero-order chi connectivity index (χ0) is 9.52. The Bertz CT molecular complexity index is 207. The normalized spacial score (nSPS) is 19.5. The molecule has 1 rings (SSSR count). The van der Waals surface area contributed by atoms with Crippen LogP contribution in [0.3, 0.4) is 0 Å². The van der Waals surface area contributed by atoms with Gasteiger partial charge in [0.05, 0.1) is 0 Å². The number of rotatable bonds is 3. The maximum absolute atomic E-state index is 3.74. The molecule has 0 aromatic heterocycles. The van der Waals surface area contributed by atoms with E-state index < -0.39 is 0 Å². The van der Waals surface area contributed by atoms with Gasteiger partial charge in [-0.25, -0.2) is 0 Å². The Labute approximate surface area is 81.4 Å². The summed E-state index contributed by atoms with van der Waals surface area (Å²) in [5, 5.41) is 0. The molecule has 0 bridgehead atoms. The molecule has 0 N–H and O–H groups in total. The Hall–Kier alpha value is -0.980. The number of hydrogen-bond acceptors (Lipinski definition) is 1. The molecular formula is C12H19N. The highest BCUT2D eigenvalue weighted by Crippen LogP contribution is 2.15. The maximum Gasteiger partial charge on any atom is 0.0362 e. The minimum absolute atomic E-state index is 1.20. The second kappa shape index (κ2) is 5.63. The van der Waals surface area contributed by atoms with Gasteiger partial charge in [-0.1, -0.05) is 18.7 Å². The Morgan fingerprint density at radius 3 is 2.46 bits per heavy atom. The van der Waals surface area contributed by atoms with E-state index in [9.17, 15) is 0 Å². The smallest absolute Gasteiger partial charge is 0.0362 e. The second-order valence-corrected chi connectivity index (χ2v) is 3.37. The highest BCUT2D eigenvalue weighted by atomic mass is 15.1. The van der Waals surface area contributed by atoms with Crippen molar-refractivity contribution in [2.75, 3.05) is 13.1 Å². The molecule has 0 aromatic carbocycles. The zero-order valence-corrected chi connectivity index (χ0v) is 8.50. The van der Waals surface area contributed by atoms with Crippen LogP contribution in [0.25, 0.3) is 0 Å². The van der Waals surface area contributed by atoms with E-state index >= 15 is 0 Å². The van der Waals surface area contributed by atoms with E-state index in [1.807, 2.05) is 6.08 Å². The van der Waals surface area contributed by atoms with Crippen molar-refractivity contribution >= 4 is 0 Å². The standard InChI is InChI=1S/C12H19N/c1-3-8-12(9-4-2)13-10-6-5-7-11-13/h3-4,8-9H,1,5-7,10-11H2,2H3/b9-4-,12-8+. The summed E-state index contributed by atoms with van der Waals surface area (Å²) < 4.78 is 0. The fraction of sp³-hybridized carbons (Fsp3) is 0.500. The van der Waals surface area contributed by atoms with Gasteiger partial charge in [0.1, 0.15) is 0 Å². The molecule has 0 aromatic rings. The third kappa shape index (κ3) is 3.10. The van der Waals surface area contributed by atoms with Gasteiger partial charge in [-0.15, -0.1) is 0 Å². The summed E-state index contributed by atoms with van der Waals surface area (Å²) in [4.78, 5) is 2.44. The average Bonchev–Trinajstić information content (AvgIpc) is 2.19. The lowest BCUT2D eigenvalue weighted by atomic mass is 10.1. The van der Waals surface area contributed by atoms with Crippen LogP contribution in [0, 0.1) is 0 Å². The van der Waals surface area contributed by atoms with E-state index in [1.165, 1.54) is 38.0 Å². The summed E-state index contributed by atoms with van der Waals surface area (Å²) in [5.41, 5.74) is 1.30. The second-order valence-electron chi connectivity index (χ2n) is 3.37. The van der Waals surface area contributed by atoms with E-state index in [0.29, 0.717) is 0 Å². The quantitative estimate of drug-likeness (QED) is 0.599. The van der Waals surface area contributed by atoms with Crippen LogP contribution in [0.5, 0.6) is 0 Å². The molecule has 0 saturated carbocycles. The predicted octanol–water partition coefficient (Wildman–Crippen LogP) is 3.12. The molecule has 13 heavy (non-hydrogen) atoms. The first-order valence-corrected chi connectivity index (χ1v) is 5.09. The number of piperidine rings is 1.